The molecular formula is C22H17N3O3. The number of aromatic nitrogens is 2. The van der Waals surface area contributed by atoms with Gasteiger partial charge in [0.2, 0.25) is 0 Å². The van der Waals surface area contributed by atoms with E-state index in [0.29, 0.717) is 11.1 Å². The average molecular weight is 371 g/mol. The van der Waals surface area contributed by atoms with Crippen LogP contribution >= 0.6 is 0 Å². The van der Waals surface area contributed by atoms with E-state index in [4.69, 9.17) is 0 Å². The van der Waals surface area contributed by atoms with E-state index in [1.807, 2.05) is 6.07 Å². The lowest BCUT2D eigenvalue weighted by Gasteiger charge is -2.25. The minimum Gasteiger partial charge on any atom is -0.507 e. The van der Waals surface area contributed by atoms with E-state index in [0.717, 1.165) is 5.56 Å². The van der Waals surface area contributed by atoms with Crippen LogP contribution in [0.1, 0.15) is 22.7 Å². The normalized spacial score (nSPS) is 18.4. The summed E-state index contributed by atoms with van der Waals surface area (Å²) in [4.78, 5) is 35.2. The van der Waals surface area contributed by atoms with Crippen LogP contribution in [0, 0.1) is 0 Å². The van der Waals surface area contributed by atoms with E-state index in [9.17, 15) is 14.7 Å². The first-order valence-corrected chi connectivity index (χ1v) is 8.79. The predicted molar refractivity (Wildman–Crippen MR) is 103 cm³/mol. The first kappa shape index (κ1) is 17.6. The van der Waals surface area contributed by atoms with E-state index in [1.165, 1.54) is 4.90 Å². The molecule has 6 nitrogen and oxygen atoms in total. The molecule has 28 heavy (non-hydrogen) atoms. The second-order valence-corrected chi connectivity index (χ2v) is 6.43. The van der Waals surface area contributed by atoms with Crippen molar-refractivity contribution in [3.63, 3.8) is 0 Å². The van der Waals surface area contributed by atoms with Gasteiger partial charge < -0.3 is 10.0 Å². The number of rotatable bonds is 4. The maximum Gasteiger partial charge on any atom is 0.295 e. The smallest absolute Gasteiger partial charge is 0.295 e. The zero-order valence-corrected chi connectivity index (χ0v) is 14.9. The summed E-state index contributed by atoms with van der Waals surface area (Å²) in [6.45, 7) is 0.228. The van der Waals surface area contributed by atoms with E-state index < -0.39 is 17.7 Å². The summed E-state index contributed by atoms with van der Waals surface area (Å²) in [7, 11) is 0. The lowest BCUT2D eigenvalue weighted by molar-refractivity contribution is -0.140. The van der Waals surface area contributed by atoms with Crippen LogP contribution in [-0.4, -0.2) is 31.7 Å². The third kappa shape index (κ3) is 3.16. The number of benzene rings is 1. The zero-order valence-electron chi connectivity index (χ0n) is 14.9. The molecule has 4 rings (SSSR count). The van der Waals surface area contributed by atoms with Crippen LogP contribution in [0.25, 0.3) is 5.76 Å². The molecule has 0 bridgehead atoms. The molecule has 3 heterocycles. The highest BCUT2D eigenvalue weighted by Crippen LogP contribution is 2.39. The zero-order chi connectivity index (χ0) is 19.5. The number of carbonyl (C=O) groups excluding carboxylic acids is 2. The standard InChI is InChI=1S/C22H17N3O3/c26-20(17-4-2-1-3-5-17)18-19(16-8-12-24-13-9-16)25(22(28)21(18)27)14-15-6-10-23-11-7-15/h1-13,19,26H,14H2/b20-18+. The Morgan fingerprint density at radius 3 is 2.14 bits per heavy atom. The lowest BCUT2D eigenvalue weighted by atomic mass is 9.96. The number of nitrogens with zero attached hydrogens (tertiary/aromatic N) is 3. The maximum atomic E-state index is 12.9. The highest BCUT2D eigenvalue weighted by atomic mass is 16.3. The van der Waals surface area contributed by atoms with E-state index in [-0.39, 0.29) is 17.9 Å². The molecule has 1 atom stereocenters. The minimum atomic E-state index is -0.698. The van der Waals surface area contributed by atoms with Crippen molar-refractivity contribution in [3.8, 4) is 0 Å². The van der Waals surface area contributed by atoms with Gasteiger partial charge in [0.05, 0.1) is 11.6 Å². The molecule has 1 saturated heterocycles. The third-order valence-corrected chi connectivity index (χ3v) is 4.71. The molecule has 0 radical (unpaired) electrons. The molecule has 1 amide bonds. The Morgan fingerprint density at radius 1 is 0.893 bits per heavy atom. The number of pyridine rings is 2. The monoisotopic (exact) mass is 371 g/mol. The van der Waals surface area contributed by atoms with Crippen molar-refractivity contribution in [2.45, 2.75) is 12.6 Å². The Labute approximate surface area is 161 Å². The average Bonchev–Trinajstić information content (AvgIpc) is 3.00. The van der Waals surface area contributed by atoms with Gasteiger partial charge in [0, 0.05) is 36.9 Å². The first-order chi connectivity index (χ1) is 13.7. The van der Waals surface area contributed by atoms with Crippen LogP contribution in [0.3, 0.4) is 0 Å². The van der Waals surface area contributed by atoms with Crippen LogP contribution in [0.2, 0.25) is 0 Å². The van der Waals surface area contributed by atoms with Crippen molar-refractivity contribution in [1.82, 2.24) is 14.9 Å². The molecule has 1 aliphatic rings. The second-order valence-electron chi connectivity index (χ2n) is 6.43. The molecule has 1 fully saturated rings. The molecule has 1 N–H and O–H groups in total. The fourth-order valence-electron chi connectivity index (χ4n) is 3.37. The molecule has 2 aromatic heterocycles. The number of ketones is 1. The van der Waals surface area contributed by atoms with Gasteiger partial charge in [0.25, 0.3) is 11.7 Å². The molecule has 6 heteroatoms. The number of aliphatic hydroxyl groups excluding tert-OH is 1. The third-order valence-electron chi connectivity index (χ3n) is 4.71. The number of Topliss-reactive ketones (excluding diaryl/α,β-unsaturated/α-hetero) is 1. The highest BCUT2D eigenvalue weighted by molar-refractivity contribution is 6.46. The van der Waals surface area contributed by atoms with E-state index in [2.05, 4.69) is 9.97 Å². The highest BCUT2D eigenvalue weighted by Gasteiger charge is 2.46. The minimum absolute atomic E-state index is 0.0801. The number of hydrogen-bond acceptors (Lipinski definition) is 5. The van der Waals surface area contributed by atoms with Gasteiger partial charge >= 0.3 is 0 Å². The molecule has 0 aliphatic carbocycles. The van der Waals surface area contributed by atoms with Crippen LogP contribution in [0.15, 0.2) is 85.0 Å². The SMILES string of the molecule is O=C1C(=O)N(Cc2ccncc2)C(c2ccncc2)/C1=C(\O)c1ccccc1. The summed E-state index contributed by atoms with van der Waals surface area (Å²) in [5, 5.41) is 10.9. The largest absolute Gasteiger partial charge is 0.507 e. The van der Waals surface area contributed by atoms with Crippen LogP contribution in [-0.2, 0) is 16.1 Å². The number of hydrogen-bond donors (Lipinski definition) is 1. The Hall–Kier alpha value is -3.80. The Bertz CT molecular complexity index is 1030. The molecule has 1 aliphatic heterocycles. The summed E-state index contributed by atoms with van der Waals surface area (Å²) in [5.41, 5.74) is 2.12. The van der Waals surface area contributed by atoms with Crippen LogP contribution < -0.4 is 0 Å². The van der Waals surface area contributed by atoms with Crippen molar-refractivity contribution in [2.75, 3.05) is 0 Å². The fraction of sp³-hybridized carbons (Fsp3) is 0.0909. The molecule has 0 spiro atoms. The first-order valence-electron chi connectivity index (χ1n) is 8.79. The predicted octanol–water partition coefficient (Wildman–Crippen LogP) is 3.10. The lowest BCUT2D eigenvalue weighted by Crippen LogP contribution is -2.29. The quantitative estimate of drug-likeness (QED) is 0.433. The Kier molecular flexibility index (Phi) is 4.68. The van der Waals surface area contributed by atoms with Gasteiger partial charge in [0.1, 0.15) is 5.76 Å². The molecule has 3 aromatic rings. The van der Waals surface area contributed by atoms with Crippen molar-refractivity contribution < 1.29 is 14.7 Å². The second kappa shape index (κ2) is 7.44. The summed E-state index contributed by atoms with van der Waals surface area (Å²) in [6, 6.07) is 15.1. The van der Waals surface area contributed by atoms with Crippen molar-refractivity contribution in [1.29, 1.82) is 0 Å². The molecule has 1 unspecified atom stereocenters. The molecule has 0 saturated carbocycles. The number of carbonyl (C=O) groups is 2. The van der Waals surface area contributed by atoms with Gasteiger partial charge in [-0.1, -0.05) is 30.3 Å². The Balaban J connectivity index is 1.85. The van der Waals surface area contributed by atoms with Crippen LogP contribution in [0.5, 0.6) is 0 Å². The van der Waals surface area contributed by atoms with Crippen LogP contribution in [0.4, 0.5) is 0 Å². The summed E-state index contributed by atoms with van der Waals surface area (Å²) < 4.78 is 0. The number of aliphatic hydroxyl groups is 1. The molecular weight excluding hydrogens is 354 g/mol. The van der Waals surface area contributed by atoms with E-state index in [1.54, 1.807) is 73.3 Å². The van der Waals surface area contributed by atoms with Gasteiger partial charge in [-0.25, -0.2) is 0 Å². The van der Waals surface area contributed by atoms with Crippen molar-refractivity contribution >= 4 is 17.4 Å². The molecule has 138 valence electrons. The van der Waals surface area contributed by atoms with Crippen molar-refractivity contribution in [2.24, 2.45) is 0 Å². The van der Waals surface area contributed by atoms with Crippen molar-refractivity contribution in [3.05, 3.63) is 102 Å². The molecule has 1 aromatic carbocycles. The van der Waals surface area contributed by atoms with Gasteiger partial charge in [-0.05, 0) is 35.4 Å². The van der Waals surface area contributed by atoms with Gasteiger partial charge in [-0.15, -0.1) is 0 Å². The van der Waals surface area contributed by atoms with E-state index >= 15 is 0 Å². The van der Waals surface area contributed by atoms with Gasteiger partial charge in [-0.2, -0.15) is 0 Å². The Morgan fingerprint density at radius 2 is 1.50 bits per heavy atom. The fourth-order valence-corrected chi connectivity index (χ4v) is 3.37. The number of likely N-dealkylation sites (tertiary alicyclic amines) is 1. The summed E-state index contributed by atoms with van der Waals surface area (Å²) in [6.07, 6.45) is 6.48. The summed E-state index contributed by atoms with van der Waals surface area (Å²) >= 11 is 0. The number of amides is 1. The maximum absolute atomic E-state index is 12.9. The van der Waals surface area contributed by atoms with Gasteiger partial charge in [-0.3, -0.25) is 19.6 Å². The van der Waals surface area contributed by atoms with Gasteiger partial charge in [0.15, 0.2) is 0 Å². The topological polar surface area (TPSA) is 83.4 Å². The summed E-state index contributed by atoms with van der Waals surface area (Å²) in [5.74, 6) is -1.52.